The van der Waals surface area contributed by atoms with Crippen LogP contribution in [0.3, 0.4) is 0 Å². The average Bonchev–Trinajstić information content (AvgIpc) is 1.61. The predicted molar refractivity (Wildman–Crippen MR) is 32.6 cm³/mol. The summed E-state index contributed by atoms with van der Waals surface area (Å²) in [7, 11) is 0. The summed E-state index contributed by atoms with van der Waals surface area (Å²) < 4.78 is 0. The van der Waals surface area contributed by atoms with E-state index in [0.29, 0.717) is 17.6 Å². The van der Waals surface area contributed by atoms with Crippen LogP contribution < -0.4 is 0 Å². The Kier molecular flexibility index (Phi) is 1.37. The third-order valence-electron chi connectivity index (χ3n) is 1.92. The molecule has 8 heavy (non-hydrogen) atoms. The molecule has 0 heterocycles. The first kappa shape index (κ1) is 5.80. The number of ketones is 1. The molecule has 0 amide bonds. The van der Waals surface area contributed by atoms with E-state index >= 15 is 0 Å². The molecule has 1 nitrogen and oxygen atoms in total. The summed E-state index contributed by atoms with van der Waals surface area (Å²) in [4.78, 5) is 10.7. The lowest BCUT2D eigenvalue weighted by atomic mass is 9.76. The van der Waals surface area contributed by atoms with Crippen LogP contribution >= 0.6 is 0 Å². The molecule has 0 N–H and O–H groups in total. The zero-order chi connectivity index (χ0) is 6.15. The highest BCUT2D eigenvalue weighted by molar-refractivity contribution is 5.86. The molecule has 0 spiro atoms. The zero-order valence-electron chi connectivity index (χ0n) is 5.48. The average molecular weight is 112 g/mol. The van der Waals surface area contributed by atoms with Gasteiger partial charge in [0.05, 0.1) is 0 Å². The topological polar surface area (TPSA) is 17.1 Å². The van der Waals surface area contributed by atoms with Crippen molar-refractivity contribution < 1.29 is 4.79 Å². The van der Waals surface area contributed by atoms with Gasteiger partial charge in [-0.3, -0.25) is 4.79 Å². The highest BCUT2D eigenvalue weighted by Crippen LogP contribution is 2.28. The lowest BCUT2D eigenvalue weighted by Crippen LogP contribution is -2.29. The van der Waals surface area contributed by atoms with Gasteiger partial charge in [-0.1, -0.05) is 13.8 Å². The van der Waals surface area contributed by atoms with Crippen LogP contribution in [0.2, 0.25) is 0 Å². The lowest BCUT2D eigenvalue weighted by Gasteiger charge is -2.26. The Labute approximate surface area is 50.1 Å². The van der Waals surface area contributed by atoms with Crippen molar-refractivity contribution in [3.63, 3.8) is 0 Å². The second-order valence-corrected chi connectivity index (χ2v) is 2.86. The Morgan fingerprint density at radius 2 is 2.25 bits per heavy atom. The molecule has 0 bridgehead atoms. The van der Waals surface area contributed by atoms with Gasteiger partial charge in [-0.15, -0.1) is 0 Å². The molecule has 0 aromatic rings. The largest absolute Gasteiger partial charge is 0.299 e. The van der Waals surface area contributed by atoms with Crippen molar-refractivity contribution in [1.29, 1.82) is 0 Å². The molecule has 46 valence electrons. The molecular formula is C7H12O. The standard InChI is InChI=1S/C7H12O/c1-5(2)6-3-4-7(6)8/h5-6H,3-4H2,1-2H3/t6-/m0/s1. The molecular weight excluding hydrogens is 100 g/mol. The third-order valence-corrected chi connectivity index (χ3v) is 1.92. The van der Waals surface area contributed by atoms with Gasteiger partial charge in [0.1, 0.15) is 5.78 Å². The van der Waals surface area contributed by atoms with Crippen molar-refractivity contribution in [2.45, 2.75) is 26.7 Å². The van der Waals surface area contributed by atoms with Crippen LogP contribution in [0.1, 0.15) is 26.7 Å². The molecule has 1 saturated carbocycles. The van der Waals surface area contributed by atoms with E-state index in [9.17, 15) is 4.79 Å². The molecule has 0 unspecified atom stereocenters. The van der Waals surface area contributed by atoms with E-state index in [0.717, 1.165) is 12.8 Å². The van der Waals surface area contributed by atoms with Crippen molar-refractivity contribution in [3.05, 3.63) is 0 Å². The number of carbonyl (C=O) groups is 1. The van der Waals surface area contributed by atoms with Crippen LogP contribution in [-0.4, -0.2) is 5.78 Å². The molecule has 1 fully saturated rings. The highest BCUT2D eigenvalue weighted by Gasteiger charge is 2.29. The van der Waals surface area contributed by atoms with Crippen molar-refractivity contribution in [3.8, 4) is 0 Å². The molecule has 1 aliphatic carbocycles. The van der Waals surface area contributed by atoms with E-state index in [2.05, 4.69) is 13.8 Å². The van der Waals surface area contributed by atoms with E-state index in [4.69, 9.17) is 0 Å². The summed E-state index contributed by atoms with van der Waals surface area (Å²) in [5.41, 5.74) is 0. The zero-order valence-corrected chi connectivity index (χ0v) is 5.48. The maximum Gasteiger partial charge on any atom is 0.136 e. The van der Waals surface area contributed by atoms with Gasteiger partial charge in [0.25, 0.3) is 0 Å². The summed E-state index contributed by atoms with van der Waals surface area (Å²) >= 11 is 0. The van der Waals surface area contributed by atoms with E-state index in [-0.39, 0.29) is 0 Å². The Hall–Kier alpha value is -0.330. The fourth-order valence-electron chi connectivity index (χ4n) is 1.13. The Morgan fingerprint density at radius 1 is 1.62 bits per heavy atom. The van der Waals surface area contributed by atoms with Crippen molar-refractivity contribution in [2.24, 2.45) is 11.8 Å². The molecule has 1 aliphatic rings. The minimum atomic E-state index is 0.412. The Balaban J connectivity index is 2.37. The van der Waals surface area contributed by atoms with E-state index in [1.54, 1.807) is 0 Å². The smallest absolute Gasteiger partial charge is 0.136 e. The second-order valence-electron chi connectivity index (χ2n) is 2.86. The Bertz CT molecular complexity index is 105. The molecule has 0 aromatic carbocycles. The normalized spacial score (nSPS) is 28.4. The molecule has 0 aliphatic heterocycles. The first-order valence-electron chi connectivity index (χ1n) is 3.24. The summed E-state index contributed by atoms with van der Waals surface area (Å²) in [6.45, 7) is 4.23. The van der Waals surface area contributed by atoms with Crippen LogP contribution in [-0.2, 0) is 4.79 Å². The van der Waals surface area contributed by atoms with Gasteiger partial charge in [0, 0.05) is 12.3 Å². The fraction of sp³-hybridized carbons (Fsp3) is 0.857. The van der Waals surface area contributed by atoms with Crippen LogP contribution in [0.5, 0.6) is 0 Å². The van der Waals surface area contributed by atoms with Gasteiger partial charge in [-0.2, -0.15) is 0 Å². The van der Waals surface area contributed by atoms with Gasteiger partial charge >= 0.3 is 0 Å². The van der Waals surface area contributed by atoms with E-state index in [1.165, 1.54) is 0 Å². The van der Waals surface area contributed by atoms with Gasteiger partial charge in [0.15, 0.2) is 0 Å². The number of carbonyl (C=O) groups excluding carboxylic acids is 1. The van der Waals surface area contributed by atoms with Gasteiger partial charge in [-0.05, 0) is 12.3 Å². The monoisotopic (exact) mass is 112 g/mol. The van der Waals surface area contributed by atoms with Crippen molar-refractivity contribution in [1.82, 2.24) is 0 Å². The van der Waals surface area contributed by atoms with E-state index in [1.807, 2.05) is 0 Å². The van der Waals surface area contributed by atoms with Crippen LogP contribution in [0.25, 0.3) is 0 Å². The quantitative estimate of drug-likeness (QED) is 0.503. The van der Waals surface area contributed by atoms with Crippen LogP contribution in [0, 0.1) is 11.8 Å². The van der Waals surface area contributed by atoms with Gasteiger partial charge in [0.2, 0.25) is 0 Å². The van der Waals surface area contributed by atoms with Crippen LogP contribution in [0.15, 0.2) is 0 Å². The highest BCUT2D eigenvalue weighted by atomic mass is 16.1. The predicted octanol–water partition coefficient (Wildman–Crippen LogP) is 1.62. The van der Waals surface area contributed by atoms with Gasteiger partial charge < -0.3 is 0 Å². The summed E-state index contributed by atoms with van der Waals surface area (Å²) in [5.74, 6) is 1.46. The number of hydrogen-bond acceptors (Lipinski definition) is 1. The van der Waals surface area contributed by atoms with Crippen molar-refractivity contribution in [2.75, 3.05) is 0 Å². The lowest BCUT2D eigenvalue weighted by molar-refractivity contribution is -0.130. The van der Waals surface area contributed by atoms with Crippen molar-refractivity contribution >= 4 is 5.78 Å². The molecule has 0 aromatic heterocycles. The first-order chi connectivity index (χ1) is 3.72. The fourth-order valence-corrected chi connectivity index (χ4v) is 1.13. The maximum absolute atomic E-state index is 10.7. The first-order valence-corrected chi connectivity index (χ1v) is 3.24. The Morgan fingerprint density at radius 3 is 2.25 bits per heavy atom. The van der Waals surface area contributed by atoms with E-state index < -0.39 is 0 Å². The summed E-state index contributed by atoms with van der Waals surface area (Å²) in [6.07, 6.45) is 1.97. The SMILES string of the molecule is CC(C)[C@@H]1CCC1=O. The second kappa shape index (κ2) is 1.88. The molecule has 0 radical (unpaired) electrons. The third kappa shape index (κ3) is 0.770. The summed E-state index contributed by atoms with van der Waals surface area (Å²) in [6, 6.07) is 0. The maximum atomic E-state index is 10.7. The summed E-state index contributed by atoms with van der Waals surface area (Å²) in [5, 5.41) is 0. The number of rotatable bonds is 1. The van der Waals surface area contributed by atoms with Gasteiger partial charge in [-0.25, -0.2) is 0 Å². The number of hydrogen-bond donors (Lipinski definition) is 0. The molecule has 1 rings (SSSR count). The molecule has 0 saturated heterocycles. The molecule has 1 atom stereocenters. The molecule has 1 heteroatoms. The van der Waals surface area contributed by atoms with Crippen LogP contribution in [0.4, 0.5) is 0 Å². The minimum Gasteiger partial charge on any atom is -0.299 e. The minimum absolute atomic E-state index is 0.412. The number of Topliss-reactive ketones (excluding diaryl/α,β-unsaturated/α-hetero) is 1.